The summed E-state index contributed by atoms with van der Waals surface area (Å²) in [7, 11) is 0. The molecule has 32 heavy (non-hydrogen) atoms. The van der Waals surface area contributed by atoms with E-state index in [4.69, 9.17) is 9.47 Å². The highest BCUT2D eigenvalue weighted by Crippen LogP contribution is 2.31. The summed E-state index contributed by atoms with van der Waals surface area (Å²) >= 11 is 0. The van der Waals surface area contributed by atoms with Gasteiger partial charge in [0.15, 0.2) is 17.5 Å². The van der Waals surface area contributed by atoms with Gasteiger partial charge < -0.3 is 9.47 Å². The van der Waals surface area contributed by atoms with Gasteiger partial charge in [-0.05, 0) is 37.0 Å². The third-order valence-electron chi connectivity index (χ3n) is 5.98. The zero-order valence-corrected chi connectivity index (χ0v) is 20.1. The summed E-state index contributed by atoms with van der Waals surface area (Å²) in [5, 5.41) is 0. The van der Waals surface area contributed by atoms with E-state index in [-0.39, 0.29) is 5.78 Å². The summed E-state index contributed by atoms with van der Waals surface area (Å²) in [6.07, 6.45) is 14.5. The molecule has 0 spiro atoms. The smallest absolute Gasteiger partial charge is 0.343 e. The highest BCUT2D eigenvalue weighted by atomic mass is 16.6. The van der Waals surface area contributed by atoms with E-state index >= 15 is 0 Å². The van der Waals surface area contributed by atoms with Gasteiger partial charge in [0.1, 0.15) is 0 Å². The van der Waals surface area contributed by atoms with Gasteiger partial charge in [-0.25, -0.2) is 4.79 Å². The Labute approximate surface area is 194 Å². The summed E-state index contributed by atoms with van der Waals surface area (Å²) in [5.41, 5.74) is 0.995. The molecule has 1 aromatic carbocycles. The number of esters is 1. The van der Waals surface area contributed by atoms with E-state index in [0.29, 0.717) is 19.4 Å². The first-order chi connectivity index (χ1) is 15.5. The van der Waals surface area contributed by atoms with Gasteiger partial charge in [0, 0.05) is 19.4 Å². The second-order valence-corrected chi connectivity index (χ2v) is 8.69. The first-order valence-electron chi connectivity index (χ1n) is 12.3. The summed E-state index contributed by atoms with van der Waals surface area (Å²) in [5.74, 6) is -0.507. The zero-order chi connectivity index (χ0) is 23.2. The Kier molecular flexibility index (Phi) is 11.4. The molecule has 0 saturated carbocycles. The number of ketones is 1. The number of rotatable bonds is 15. The van der Waals surface area contributed by atoms with E-state index in [1.54, 1.807) is 6.92 Å². The lowest BCUT2D eigenvalue weighted by molar-refractivity contribution is -0.173. The SMILES string of the molecule is CCCCCCCCOC1(C(=O)O[C@@H](C)C(=O)CCCC)C=CC(c2ccccc2)=CC1. The molecule has 0 aliphatic heterocycles. The molecule has 1 aromatic rings. The molecular formula is C28H40O4. The van der Waals surface area contributed by atoms with Crippen molar-refractivity contribution in [3.8, 4) is 0 Å². The second kappa shape index (κ2) is 14.1. The van der Waals surface area contributed by atoms with Gasteiger partial charge in [-0.2, -0.15) is 0 Å². The Hall–Kier alpha value is -2.20. The summed E-state index contributed by atoms with van der Waals surface area (Å²) in [6, 6.07) is 10.1. The third kappa shape index (κ3) is 8.05. The van der Waals surface area contributed by atoms with Gasteiger partial charge in [-0.15, -0.1) is 0 Å². The van der Waals surface area contributed by atoms with Crippen molar-refractivity contribution >= 4 is 17.3 Å². The van der Waals surface area contributed by atoms with Crippen molar-refractivity contribution in [3.05, 3.63) is 54.1 Å². The number of allylic oxidation sites excluding steroid dienone is 2. The van der Waals surface area contributed by atoms with Crippen LogP contribution in [0.15, 0.2) is 48.6 Å². The number of hydrogen-bond donors (Lipinski definition) is 0. The number of benzene rings is 1. The molecule has 1 aliphatic rings. The van der Waals surface area contributed by atoms with Gasteiger partial charge in [0.25, 0.3) is 0 Å². The number of ether oxygens (including phenoxy) is 2. The molecule has 0 radical (unpaired) electrons. The normalized spacial score (nSPS) is 18.8. The Balaban J connectivity index is 2.03. The van der Waals surface area contributed by atoms with Crippen molar-refractivity contribution in [2.45, 2.75) is 96.7 Å². The minimum Gasteiger partial charge on any atom is -0.452 e. The van der Waals surface area contributed by atoms with Crippen molar-refractivity contribution < 1.29 is 19.1 Å². The number of carbonyl (C=O) groups excluding carboxylic acids is 2. The summed E-state index contributed by atoms with van der Waals surface area (Å²) in [6.45, 7) is 6.41. The van der Waals surface area contributed by atoms with Gasteiger partial charge in [0.05, 0.1) is 0 Å². The van der Waals surface area contributed by atoms with Crippen LogP contribution in [0.5, 0.6) is 0 Å². The fraction of sp³-hybridized carbons (Fsp3) is 0.571. The second-order valence-electron chi connectivity index (χ2n) is 8.69. The molecule has 2 rings (SSSR count). The van der Waals surface area contributed by atoms with Crippen molar-refractivity contribution in [1.82, 2.24) is 0 Å². The lowest BCUT2D eigenvalue weighted by Gasteiger charge is -2.31. The predicted molar refractivity (Wildman–Crippen MR) is 130 cm³/mol. The molecule has 2 atom stereocenters. The van der Waals surface area contributed by atoms with Crippen molar-refractivity contribution in [2.75, 3.05) is 6.61 Å². The van der Waals surface area contributed by atoms with Crippen LogP contribution in [0, 0.1) is 0 Å². The maximum Gasteiger partial charge on any atom is 0.343 e. The highest BCUT2D eigenvalue weighted by molar-refractivity contribution is 5.90. The topological polar surface area (TPSA) is 52.6 Å². The van der Waals surface area contributed by atoms with Crippen molar-refractivity contribution in [1.29, 1.82) is 0 Å². The highest BCUT2D eigenvalue weighted by Gasteiger charge is 2.41. The standard InChI is InChI=1S/C28H40O4/c1-4-6-8-9-10-14-22-31-28(27(30)32-23(3)26(29)17-7-5-2)20-18-25(19-21-28)24-15-12-11-13-16-24/h11-13,15-16,18-20,23H,4-10,14,17,21-22H2,1-3H3/t23-,28?/m0/s1. The van der Waals surface area contributed by atoms with Crippen LogP contribution < -0.4 is 0 Å². The molecule has 1 aliphatic carbocycles. The molecule has 0 bridgehead atoms. The fourth-order valence-corrected chi connectivity index (χ4v) is 3.80. The van der Waals surface area contributed by atoms with Gasteiger partial charge in [-0.3, -0.25) is 4.79 Å². The average Bonchev–Trinajstić information content (AvgIpc) is 2.82. The maximum absolute atomic E-state index is 13.2. The summed E-state index contributed by atoms with van der Waals surface area (Å²) < 4.78 is 11.8. The first kappa shape index (κ1) is 26.1. The Bertz CT molecular complexity index is 765. The molecule has 0 amide bonds. The predicted octanol–water partition coefficient (Wildman–Crippen LogP) is 6.84. The molecule has 0 aromatic heterocycles. The van der Waals surface area contributed by atoms with Crippen LogP contribution in [-0.4, -0.2) is 30.1 Å². The molecule has 0 fully saturated rings. The molecule has 1 unspecified atom stereocenters. The fourth-order valence-electron chi connectivity index (χ4n) is 3.80. The largest absolute Gasteiger partial charge is 0.452 e. The van der Waals surface area contributed by atoms with E-state index in [0.717, 1.165) is 36.8 Å². The van der Waals surface area contributed by atoms with E-state index in [2.05, 4.69) is 6.92 Å². The van der Waals surface area contributed by atoms with Gasteiger partial charge in [-0.1, -0.05) is 94.9 Å². The van der Waals surface area contributed by atoms with Crippen molar-refractivity contribution in [3.63, 3.8) is 0 Å². The number of carbonyl (C=O) groups is 2. The lowest BCUT2D eigenvalue weighted by Crippen LogP contribution is -2.44. The van der Waals surface area contributed by atoms with Crippen LogP contribution >= 0.6 is 0 Å². The van der Waals surface area contributed by atoms with E-state index in [1.807, 2.05) is 55.5 Å². The molecular weight excluding hydrogens is 400 g/mol. The van der Waals surface area contributed by atoms with Gasteiger partial charge >= 0.3 is 5.97 Å². The van der Waals surface area contributed by atoms with Crippen LogP contribution in [0.3, 0.4) is 0 Å². The molecule has 0 heterocycles. The molecule has 176 valence electrons. The Morgan fingerprint density at radius 1 is 0.969 bits per heavy atom. The summed E-state index contributed by atoms with van der Waals surface area (Å²) in [4.78, 5) is 25.5. The zero-order valence-electron chi connectivity index (χ0n) is 20.1. The average molecular weight is 441 g/mol. The minimum absolute atomic E-state index is 0.0356. The van der Waals surface area contributed by atoms with E-state index in [9.17, 15) is 9.59 Å². The lowest BCUT2D eigenvalue weighted by atomic mass is 9.89. The quantitative estimate of drug-likeness (QED) is 0.221. The minimum atomic E-state index is -1.17. The van der Waals surface area contributed by atoms with Crippen LogP contribution in [0.2, 0.25) is 0 Å². The van der Waals surface area contributed by atoms with E-state index < -0.39 is 17.7 Å². The van der Waals surface area contributed by atoms with Crippen LogP contribution in [0.4, 0.5) is 0 Å². The number of unbranched alkanes of at least 4 members (excludes halogenated alkanes) is 6. The Morgan fingerprint density at radius 2 is 1.66 bits per heavy atom. The Morgan fingerprint density at radius 3 is 2.31 bits per heavy atom. The molecule has 4 heteroatoms. The van der Waals surface area contributed by atoms with E-state index in [1.165, 1.54) is 25.7 Å². The number of hydrogen-bond acceptors (Lipinski definition) is 4. The maximum atomic E-state index is 13.2. The van der Waals surface area contributed by atoms with Crippen LogP contribution in [-0.2, 0) is 19.1 Å². The third-order valence-corrected chi connectivity index (χ3v) is 5.98. The first-order valence-corrected chi connectivity index (χ1v) is 12.3. The number of Topliss-reactive ketones (excluding diaryl/α,β-unsaturated/α-hetero) is 1. The monoisotopic (exact) mass is 440 g/mol. The molecule has 0 saturated heterocycles. The van der Waals surface area contributed by atoms with Gasteiger partial charge in [0.2, 0.25) is 0 Å². The van der Waals surface area contributed by atoms with Crippen LogP contribution in [0.25, 0.3) is 5.57 Å². The molecule has 0 N–H and O–H groups in total. The van der Waals surface area contributed by atoms with Crippen molar-refractivity contribution in [2.24, 2.45) is 0 Å². The van der Waals surface area contributed by atoms with Crippen LogP contribution in [0.1, 0.15) is 90.5 Å². The molecule has 4 nitrogen and oxygen atoms in total.